The quantitative estimate of drug-likeness (QED) is 0.770. The van der Waals surface area contributed by atoms with Crippen LogP contribution in [0.5, 0.6) is 0 Å². The van der Waals surface area contributed by atoms with Crippen molar-refractivity contribution in [2.24, 2.45) is 12.8 Å². The topological polar surface area (TPSA) is 90.0 Å². The number of carbonyl (C=O) groups is 2. The van der Waals surface area contributed by atoms with Gasteiger partial charge in [-0.1, -0.05) is 18.2 Å². The van der Waals surface area contributed by atoms with E-state index < -0.39 is 5.91 Å². The van der Waals surface area contributed by atoms with Crippen molar-refractivity contribution in [1.82, 2.24) is 9.55 Å². The first-order valence-corrected chi connectivity index (χ1v) is 7.13. The molecule has 0 bridgehead atoms. The first-order valence-electron chi connectivity index (χ1n) is 7.13. The second-order valence-electron chi connectivity index (χ2n) is 5.31. The molecular weight excluding hydrogens is 292 g/mol. The number of hydrogen-bond donors (Lipinski definition) is 2. The number of hydrogen-bond acceptors (Lipinski definition) is 3. The number of fused-ring (bicyclic) bond motifs is 1. The van der Waals surface area contributed by atoms with Gasteiger partial charge in [0.1, 0.15) is 0 Å². The van der Waals surface area contributed by atoms with Gasteiger partial charge in [0.05, 0.1) is 35.0 Å². The highest BCUT2D eigenvalue weighted by Gasteiger charge is 2.11. The number of aromatic nitrogens is 2. The van der Waals surface area contributed by atoms with Crippen LogP contribution in [0.4, 0.5) is 5.69 Å². The SMILES string of the molecule is Cn1cnc2cc(CC(=O)Nc3ccccc3C(N)=O)ccc21. The van der Waals surface area contributed by atoms with Gasteiger partial charge in [-0.25, -0.2) is 4.98 Å². The Kier molecular flexibility index (Phi) is 3.80. The Morgan fingerprint density at radius 3 is 2.78 bits per heavy atom. The highest BCUT2D eigenvalue weighted by molar-refractivity contribution is 6.03. The number of benzene rings is 2. The molecule has 3 aromatic rings. The number of nitrogens with two attached hydrogens (primary N) is 1. The molecule has 0 spiro atoms. The highest BCUT2D eigenvalue weighted by atomic mass is 16.2. The lowest BCUT2D eigenvalue weighted by Crippen LogP contribution is -2.19. The summed E-state index contributed by atoms with van der Waals surface area (Å²) in [6, 6.07) is 12.4. The number of anilines is 1. The van der Waals surface area contributed by atoms with Crippen LogP contribution >= 0.6 is 0 Å². The zero-order valence-corrected chi connectivity index (χ0v) is 12.6. The molecule has 0 aliphatic rings. The van der Waals surface area contributed by atoms with Gasteiger partial charge in [0.15, 0.2) is 0 Å². The maximum Gasteiger partial charge on any atom is 0.250 e. The number of rotatable bonds is 4. The summed E-state index contributed by atoms with van der Waals surface area (Å²) in [7, 11) is 1.92. The van der Waals surface area contributed by atoms with Crippen molar-refractivity contribution >= 4 is 28.5 Å². The lowest BCUT2D eigenvalue weighted by atomic mass is 10.1. The number of para-hydroxylation sites is 1. The van der Waals surface area contributed by atoms with Gasteiger partial charge in [-0.15, -0.1) is 0 Å². The Bertz CT molecular complexity index is 898. The van der Waals surface area contributed by atoms with Gasteiger partial charge in [0.2, 0.25) is 5.91 Å². The summed E-state index contributed by atoms with van der Waals surface area (Å²) >= 11 is 0. The van der Waals surface area contributed by atoms with Gasteiger partial charge in [-0.3, -0.25) is 9.59 Å². The molecule has 0 radical (unpaired) electrons. The van der Waals surface area contributed by atoms with E-state index in [-0.39, 0.29) is 12.3 Å². The molecule has 0 saturated heterocycles. The molecule has 1 heterocycles. The smallest absolute Gasteiger partial charge is 0.250 e. The van der Waals surface area contributed by atoms with Crippen molar-refractivity contribution in [2.45, 2.75) is 6.42 Å². The fourth-order valence-corrected chi connectivity index (χ4v) is 2.48. The molecule has 0 aliphatic carbocycles. The molecule has 116 valence electrons. The molecule has 1 aromatic heterocycles. The average molecular weight is 308 g/mol. The predicted molar refractivity (Wildman–Crippen MR) is 88.0 cm³/mol. The van der Waals surface area contributed by atoms with Crippen molar-refractivity contribution in [3.05, 3.63) is 59.9 Å². The van der Waals surface area contributed by atoms with E-state index in [1.54, 1.807) is 30.6 Å². The van der Waals surface area contributed by atoms with Crippen LogP contribution in [-0.2, 0) is 18.3 Å². The van der Waals surface area contributed by atoms with Crippen LogP contribution in [0.1, 0.15) is 15.9 Å². The Hall–Kier alpha value is -3.15. The van der Waals surface area contributed by atoms with Gasteiger partial charge >= 0.3 is 0 Å². The summed E-state index contributed by atoms with van der Waals surface area (Å²) in [4.78, 5) is 27.9. The number of carbonyl (C=O) groups excluding carboxylic acids is 2. The number of amides is 2. The first-order chi connectivity index (χ1) is 11.0. The standard InChI is InChI=1S/C17H16N4O2/c1-21-10-19-14-8-11(6-7-15(14)21)9-16(22)20-13-5-3-2-4-12(13)17(18)23/h2-8,10H,9H2,1H3,(H2,18,23)(H,20,22). The summed E-state index contributed by atoms with van der Waals surface area (Å²) in [5, 5.41) is 2.73. The Balaban J connectivity index is 1.77. The fourth-order valence-electron chi connectivity index (χ4n) is 2.48. The molecule has 2 aromatic carbocycles. The van der Waals surface area contributed by atoms with Gasteiger partial charge in [0, 0.05) is 7.05 Å². The van der Waals surface area contributed by atoms with E-state index in [0.717, 1.165) is 16.6 Å². The Labute approximate surface area is 132 Å². The van der Waals surface area contributed by atoms with E-state index in [1.165, 1.54) is 0 Å². The molecule has 0 unspecified atom stereocenters. The maximum atomic E-state index is 12.2. The summed E-state index contributed by atoms with van der Waals surface area (Å²) in [6.07, 6.45) is 1.93. The third kappa shape index (κ3) is 3.06. The van der Waals surface area contributed by atoms with Crippen LogP contribution < -0.4 is 11.1 Å². The van der Waals surface area contributed by atoms with Crippen molar-refractivity contribution in [2.75, 3.05) is 5.32 Å². The lowest BCUT2D eigenvalue weighted by molar-refractivity contribution is -0.115. The molecule has 0 saturated carbocycles. The molecule has 6 nitrogen and oxygen atoms in total. The molecule has 0 atom stereocenters. The minimum absolute atomic E-state index is 0.194. The number of aryl methyl sites for hydroxylation is 1. The van der Waals surface area contributed by atoms with Crippen molar-refractivity contribution in [3.63, 3.8) is 0 Å². The Morgan fingerprint density at radius 2 is 2.00 bits per heavy atom. The van der Waals surface area contributed by atoms with Crippen LogP contribution in [0.25, 0.3) is 11.0 Å². The normalized spacial score (nSPS) is 10.7. The van der Waals surface area contributed by atoms with Crippen molar-refractivity contribution in [1.29, 1.82) is 0 Å². The van der Waals surface area contributed by atoms with Crippen molar-refractivity contribution in [3.8, 4) is 0 Å². The minimum atomic E-state index is -0.573. The largest absolute Gasteiger partial charge is 0.366 e. The van der Waals surface area contributed by atoms with E-state index in [0.29, 0.717) is 11.3 Å². The molecular formula is C17H16N4O2. The second-order valence-corrected chi connectivity index (χ2v) is 5.31. The van der Waals surface area contributed by atoms with Gasteiger partial charge < -0.3 is 15.6 Å². The number of primary amides is 1. The molecule has 3 rings (SSSR count). The predicted octanol–water partition coefficient (Wildman–Crippen LogP) is 1.85. The fraction of sp³-hybridized carbons (Fsp3) is 0.118. The summed E-state index contributed by atoms with van der Waals surface area (Å²) in [6.45, 7) is 0. The summed E-state index contributed by atoms with van der Waals surface area (Å²) < 4.78 is 1.92. The van der Waals surface area contributed by atoms with Crippen LogP contribution in [0.2, 0.25) is 0 Å². The maximum absolute atomic E-state index is 12.2. The van der Waals surface area contributed by atoms with Gasteiger partial charge in [0.25, 0.3) is 5.91 Å². The Morgan fingerprint density at radius 1 is 1.22 bits per heavy atom. The van der Waals surface area contributed by atoms with E-state index in [4.69, 9.17) is 5.73 Å². The lowest BCUT2D eigenvalue weighted by Gasteiger charge is -2.09. The molecule has 6 heteroatoms. The van der Waals surface area contributed by atoms with Crippen LogP contribution in [0.3, 0.4) is 0 Å². The first kappa shape index (κ1) is 14.8. The summed E-state index contributed by atoms with van der Waals surface area (Å²) in [5.41, 5.74) is 8.72. The minimum Gasteiger partial charge on any atom is -0.366 e. The molecule has 3 N–H and O–H groups in total. The third-order valence-corrected chi connectivity index (χ3v) is 3.62. The zero-order chi connectivity index (χ0) is 16.4. The van der Waals surface area contributed by atoms with E-state index >= 15 is 0 Å². The molecule has 0 aliphatic heterocycles. The zero-order valence-electron chi connectivity index (χ0n) is 12.6. The van der Waals surface area contributed by atoms with E-state index in [2.05, 4.69) is 10.3 Å². The summed E-state index contributed by atoms with van der Waals surface area (Å²) in [5.74, 6) is -0.787. The van der Waals surface area contributed by atoms with E-state index in [1.807, 2.05) is 29.8 Å². The number of imidazole rings is 1. The van der Waals surface area contributed by atoms with Gasteiger partial charge in [-0.05, 0) is 29.8 Å². The van der Waals surface area contributed by atoms with Crippen molar-refractivity contribution < 1.29 is 9.59 Å². The van der Waals surface area contributed by atoms with Crippen LogP contribution in [0.15, 0.2) is 48.8 Å². The number of nitrogens with zero attached hydrogens (tertiary/aromatic N) is 2. The van der Waals surface area contributed by atoms with Crippen LogP contribution in [-0.4, -0.2) is 21.4 Å². The third-order valence-electron chi connectivity index (χ3n) is 3.62. The highest BCUT2D eigenvalue weighted by Crippen LogP contribution is 2.17. The van der Waals surface area contributed by atoms with E-state index in [9.17, 15) is 9.59 Å². The molecule has 0 fully saturated rings. The monoisotopic (exact) mass is 308 g/mol. The average Bonchev–Trinajstić information content (AvgIpc) is 2.88. The molecule has 2 amide bonds. The number of nitrogens with one attached hydrogen (secondary N) is 1. The van der Waals surface area contributed by atoms with Gasteiger partial charge in [-0.2, -0.15) is 0 Å². The second kappa shape index (κ2) is 5.92. The molecule has 23 heavy (non-hydrogen) atoms. The van der Waals surface area contributed by atoms with Crippen LogP contribution in [0, 0.1) is 0 Å².